The van der Waals surface area contributed by atoms with Gasteiger partial charge in [-0.2, -0.15) is 8.42 Å². The molecule has 0 unspecified atom stereocenters. The molecule has 0 atom stereocenters. The number of hydrogen-bond acceptors (Lipinski definition) is 4. The van der Waals surface area contributed by atoms with Crippen molar-refractivity contribution in [1.82, 2.24) is 0 Å². The van der Waals surface area contributed by atoms with Crippen LogP contribution >= 0.6 is 46.4 Å². The van der Waals surface area contributed by atoms with Crippen LogP contribution in [-0.2, 0) is 14.9 Å². The fraction of sp³-hybridized carbons (Fsp3) is 0.0526. The van der Waals surface area contributed by atoms with Crippen molar-refractivity contribution < 1.29 is 23.2 Å². The highest BCUT2D eigenvalue weighted by atomic mass is 35.5. The van der Waals surface area contributed by atoms with E-state index in [-0.39, 0.29) is 36.8 Å². The summed E-state index contributed by atoms with van der Waals surface area (Å²) in [5.41, 5.74) is -0.723. The van der Waals surface area contributed by atoms with Gasteiger partial charge in [-0.05, 0) is 36.4 Å². The number of phenolic OH excluding ortho intramolecular Hbond substituents is 2. The first-order valence-corrected chi connectivity index (χ1v) is 10.8. The first-order chi connectivity index (χ1) is 13.5. The van der Waals surface area contributed by atoms with Crippen molar-refractivity contribution in [2.45, 2.75) is 4.75 Å². The standard InChI is InChI=1S/C19H12Cl4O5S/c20-10-1-4-13(16(23)7-10)19(29(26,27)28,14-5-2-11(21)8-17(14)24)15-6-3-12(22)9-18(15)25/h1-9,24-25H,(H,26,27,28). The van der Waals surface area contributed by atoms with Crippen molar-refractivity contribution in [2.75, 3.05) is 0 Å². The lowest BCUT2D eigenvalue weighted by Crippen LogP contribution is -2.38. The Bertz CT molecular complexity index is 1090. The average molecular weight is 494 g/mol. The third kappa shape index (κ3) is 3.77. The zero-order chi connectivity index (χ0) is 21.6. The van der Waals surface area contributed by atoms with Crippen molar-refractivity contribution in [3.05, 3.63) is 91.4 Å². The third-order valence-corrected chi connectivity index (χ3v) is 6.83. The molecule has 0 spiro atoms. The van der Waals surface area contributed by atoms with E-state index in [1.807, 2.05) is 0 Å². The van der Waals surface area contributed by atoms with Crippen LogP contribution in [0.4, 0.5) is 0 Å². The Kier molecular flexibility index (Phi) is 5.98. The molecule has 152 valence electrons. The quantitative estimate of drug-likeness (QED) is 0.311. The molecule has 0 aromatic heterocycles. The second-order valence-electron chi connectivity index (χ2n) is 6.10. The molecule has 0 bridgehead atoms. The van der Waals surface area contributed by atoms with E-state index < -0.39 is 26.4 Å². The van der Waals surface area contributed by atoms with Crippen LogP contribution in [0, 0.1) is 0 Å². The molecule has 0 fully saturated rings. The monoisotopic (exact) mass is 492 g/mol. The molecule has 3 aromatic carbocycles. The summed E-state index contributed by atoms with van der Waals surface area (Å²) < 4.78 is 33.8. The first kappa shape index (κ1) is 22.0. The minimum atomic E-state index is -5.13. The van der Waals surface area contributed by atoms with E-state index >= 15 is 0 Å². The Morgan fingerprint density at radius 3 is 1.38 bits per heavy atom. The number of hydrogen-bond donors (Lipinski definition) is 3. The Morgan fingerprint density at radius 1 is 0.655 bits per heavy atom. The Labute approximate surface area is 186 Å². The number of phenols is 2. The summed E-state index contributed by atoms with van der Waals surface area (Å²) in [7, 11) is -5.13. The molecule has 0 radical (unpaired) electrons. The highest BCUT2D eigenvalue weighted by molar-refractivity contribution is 7.87. The van der Waals surface area contributed by atoms with Crippen molar-refractivity contribution in [3.63, 3.8) is 0 Å². The summed E-state index contributed by atoms with van der Waals surface area (Å²) in [6.07, 6.45) is 0. The molecule has 29 heavy (non-hydrogen) atoms. The smallest absolute Gasteiger partial charge is 0.283 e. The number of rotatable bonds is 4. The van der Waals surface area contributed by atoms with E-state index in [0.29, 0.717) is 0 Å². The predicted molar refractivity (Wildman–Crippen MR) is 114 cm³/mol. The van der Waals surface area contributed by atoms with Gasteiger partial charge in [-0.1, -0.05) is 64.6 Å². The first-order valence-electron chi connectivity index (χ1n) is 7.89. The van der Waals surface area contributed by atoms with Crippen LogP contribution < -0.4 is 0 Å². The number of aromatic hydroxyl groups is 2. The molecule has 0 saturated carbocycles. The SMILES string of the molecule is O=S(=O)(O)C(c1ccc(Cl)cc1O)(c1ccc(Cl)cc1O)c1ccc(Cl)cc1Cl. The van der Waals surface area contributed by atoms with Crippen LogP contribution in [0.2, 0.25) is 20.1 Å². The topological polar surface area (TPSA) is 94.8 Å². The van der Waals surface area contributed by atoms with Crippen molar-refractivity contribution in [3.8, 4) is 11.5 Å². The molecule has 0 aliphatic heterocycles. The molecular formula is C19H12Cl4O5S. The van der Waals surface area contributed by atoms with E-state index in [1.54, 1.807) is 0 Å². The van der Waals surface area contributed by atoms with Crippen LogP contribution in [0.5, 0.6) is 11.5 Å². The van der Waals surface area contributed by atoms with E-state index in [9.17, 15) is 23.2 Å². The Morgan fingerprint density at radius 2 is 1.03 bits per heavy atom. The summed E-state index contributed by atoms with van der Waals surface area (Å²) in [5, 5.41) is 21.5. The van der Waals surface area contributed by atoms with Crippen molar-refractivity contribution >= 4 is 56.5 Å². The molecule has 5 nitrogen and oxygen atoms in total. The molecular weight excluding hydrogens is 482 g/mol. The van der Waals surface area contributed by atoms with E-state index in [2.05, 4.69) is 0 Å². The fourth-order valence-corrected chi connectivity index (χ4v) is 5.53. The molecule has 3 rings (SSSR count). The van der Waals surface area contributed by atoms with Gasteiger partial charge in [-0.25, -0.2) is 0 Å². The van der Waals surface area contributed by atoms with E-state index in [4.69, 9.17) is 46.4 Å². The highest BCUT2D eigenvalue weighted by Gasteiger charge is 2.52. The maximum Gasteiger partial charge on any atom is 0.283 e. The van der Waals surface area contributed by atoms with Gasteiger partial charge in [0.2, 0.25) is 0 Å². The average Bonchev–Trinajstić information content (AvgIpc) is 2.58. The number of benzene rings is 3. The molecule has 0 heterocycles. The van der Waals surface area contributed by atoms with E-state index in [1.165, 1.54) is 42.5 Å². The van der Waals surface area contributed by atoms with Crippen LogP contribution in [0.15, 0.2) is 54.6 Å². The maximum absolute atomic E-state index is 12.9. The lowest BCUT2D eigenvalue weighted by atomic mass is 9.83. The molecule has 0 amide bonds. The molecule has 0 saturated heterocycles. The normalized spacial score (nSPS) is 12.2. The summed E-state index contributed by atoms with van der Waals surface area (Å²) in [6, 6.07) is 11.2. The largest absolute Gasteiger partial charge is 0.508 e. The predicted octanol–water partition coefficient (Wildman–Crippen LogP) is 5.89. The van der Waals surface area contributed by atoms with Gasteiger partial charge in [0.25, 0.3) is 10.1 Å². The minimum Gasteiger partial charge on any atom is -0.508 e. The molecule has 0 aliphatic carbocycles. The third-order valence-electron chi connectivity index (χ3n) is 4.38. The van der Waals surface area contributed by atoms with Crippen LogP contribution in [0.1, 0.15) is 16.7 Å². The lowest BCUT2D eigenvalue weighted by Gasteiger charge is -2.34. The minimum absolute atomic E-state index is 0.123. The van der Waals surface area contributed by atoms with Gasteiger partial charge in [-0.3, -0.25) is 4.55 Å². The van der Waals surface area contributed by atoms with Crippen molar-refractivity contribution in [1.29, 1.82) is 0 Å². The summed E-state index contributed by atoms with van der Waals surface area (Å²) in [6.45, 7) is 0. The molecule has 3 aromatic rings. The second kappa shape index (κ2) is 7.87. The Hall–Kier alpha value is -1.67. The molecule has 10 heteroatoms. The van der Waals surface area contributed by atoms with Gasteiger partial charge in [0.05, 0.1) is 0 Å². The van der Waals surface area contributed by atoms with Gasteiger partial charge in [0.15, 0.2) is 4.75 Å². The molecule has 3 N–H and O–H groups in total. The van der Waals surface area contributed by atoms with Gasteiger partial charge in [0, 0.05) is 36.8 Å². The van der Waals surface area contributed by atoms with Gasteiger partial charge < -0.3 is 10.2 Å². The van der Waals surface area contributed by atoms with Crippen LogP contribution in [0.25, 0.3) is 0 Å². The Balaban J connectivity index is 2.60. The summed E-state index contributed by atoms with van der Waals surface area (Å²) in [4.78, 5) is 0. The summed E-state index contributed by atoms with van der Waals surface area (Å²) >= 11 is 24.0. The zero-order valence-corrected chi connectivity index (χ0v) is 18.1. The number of halogens is 4. The van der Waals surface area contributed by atoms with Crippen molar-refractivity contribution in [2.24, 2.45) is 0 Å². The summed E-state index contributed by atoms with van der Waals surface area (Å²) in [5.74, 6) is -1.09. The van der Waals surface area contributed by atoms with Gasteiger partial charge in [0.1, 0.15) is 11.5 Å². The van der Waals surface area contributed by atoms with E-state index in [0.717, 1.165) is 12.1 Å². The zero-order valence-electron chi connectivity index (χ0n) is 14.3. The molecule has 0 aliphatic rings. The lowest BCUT2D eigenvalue weighted by molar-refractivity contribution is 0.428. The van der Waals surface area contributed by atoms with Crippen LogP contribution in [0.3, 0.4) is 0 Å². The second-order valence-corrected chi connectivity index (χ2v) is 9.38. The fourth-order valence-electron chi connectivity index (χ4n) is 3.23. The van der Waals surface area contributed by atoms with Crippen LogP contribution in [-0.4, -0.2) is 23.2 Å². The highest BCUT2D eigenvalue weighted by Crippen LogP contribution is 2.52. The van der Waals surface area contributed by atoms with Gasteiger partial charge in [-0.15, -0.1) is 0 Å². The maximum atomic E-state index is 12.9. The van der Waals surface area contributed by atoms with Gasteiger partial charge >= 0.3 is 0 Å².